The minimum atomic E-state index is 0.0273. The van der Waals surface area contributed by atoms with Crippen LogP contribution in [-0.4, -0.2) is 5.91 Å². The van der Waals surface area contributed by atoms with Gasteiger partial charge in [0, 0.05) is 5.92 Å². The number of carbonyl (C=O) groups is 1. The maximum Gasteiger partial charge on any atom is 0.246 e. The zero-order valence-corrected chi connectivity index (χ0v) is 12.4. The van der Waals surface area contributed by atoms with Crippen LogP contribution in [0.5, 0.6) is 0 Å². The van der Waals surface area contributed by atoms with Crippen molar-refractivity contribution in [2.24, 2.45) is 5.92 Å². The molecular formula is C18H21NO2. The van der Waals surface area contributed by atoms with E-state index in [1.807, 2.05) is 12.1 Å². The quantitative estimate of drug-likeness (QED) is 0.849. The van der Waals surface area contributed by atoms with Crippen molar-refractivity contribution in [3.63, 3.8) is 0 Å². The average molecular weight is 283 g/mol. The molecule has 0 heterocycles. The van der Waals surface area contributed by atoms with E-state index in [0.717, 1.165) is 25.7 Å². The van der Waals surface area contributed by atoms with Crippen LogP contribution in [0.4, 0.5) is 0 Å². The van der Waals surface area contributed by atoms with Gasteiger partial charge in [-0.05, 0) is 41.2 Å². The Hall–Kier alpha value is -1.87. The SMILES string of the molecule is CCc1ccc2ccccc2c1CONC(=O)C1CCC1. The third-order valence-electron chi connectivity index (χ3n) is 4.38. The lowest BCUT2D eigenvalue weighted by Gasteiger charge is -2.23. The van der Waals surface area contributed by atoms with Crippen LogP contribution in [0.2, 0.25) is 0 Å². The van der Waals surface area contributed by atoms with Gasteiger partial charge in [0.25, 0.3) is 0 Å². The van der Waals surface area contributed by atoms with E-state index in [1.54, 1.807) is 0 Å². The zero-order valence-electron chi connectivity index (χ0n) is 12.4. The molecule has 3 rings (SSSR count). The maximum absolute atomic E-state index is 11.8. The Morgan fingerprint density at radius 1 is 1.24 bits per heavy atom. The first kappa shape index (κ1) is 14.1. The molecule has 0 spiro atoms. The second kappa shape index (κ2) is 6.27. The fourth-order valence-electron chi connectivity index (χ4n) is 2.82. The van der Waals surface area contributed by atoms with Crippen LogP contribution >= 0.6 is 0 Å². The lowest BCUT2D eigenvalue weighted by atomic mass is 9.85. The monoisotopic (exact) mass is 283 g/mol. The van der Waals surface area contributed by atoms with Crippen molar-refractivity contribution in [2.45, 2.75) is 39.2 Å². The molecule has 0 saturated heterocycles. The summed E-state index contributed by atoms with van der Waals surface area (Å²) in [4.78, 5) is 17.3. The highest BCUT2D eigenvalue weighted by Gasteiger charge is 2.25. The summed E-state index contributed by atoms with van der Waals surface area (Å²) in [5.74, 6) is 0.183. The van der Waals surface area contributed by atoms with E-state index in [1.165, 1.54) is 21.9 Å². The molecule has 110 valence electrons. The zero-order chi connectivity index (χ0) is 14.7. The number of hydrogen-bond donors (Lipinski definition) is 1. The van der Waals surface area contributed by atoms with Gasteiger partial charge >= 0.3 is 0 Å². The van der Waals surface area contributed by atoms with Crippen LogP contribution in [0.25, 0.3) is 10.8 Å². The van der Waals surface area contributed by atoms with Gasteiger partial charge in [0.15, 0.2) is 0 Å². The Morgan fingerprint density at radius 3 is 2.76 bits per heavy atom. The molecule has 1 aliphatic carbocycles. The predicted octanol–water partition coefficient (Wildman–Crippen LogP) is 3.75. The van der Waals surface area contributed by atoms with Crippen molar-refractivity contribution in [2.75, 3.05) is 0 Å². The highest BCUT2D eigenvalue weighted by Crippen LogP contribution is 2.27. The minimum Gasteiger partial charge on any atom is -0.273 e. The van der Waals surface area contributed by atoms with Gasteiger partial charge in [-0.3, -0.25) is 9.63 Å². The Labute approximate surface area is 125 Å². The van der Waals surface area contributed by atoms with E-state index in [-0.39, 0.29) is 11.8 Å². The van der Waals surface area contributed by atoms with Crippen molar-refractivity contribution in [1.29, 1.82) is 0 Å². The number of amides is 1. The lowest BCUT2D eigenvalue weighted by molar-refractivity contribution is -0.141. The summed E-state index contributed by atoms with van der Waals surface area (Å²) in [5.41, 5.74) is 5.05. The first-order valence-electron chi connectivity index (χ1n) is 7.70. The highest BCUT2D eigenvalue weighted by molar-refractivity contribution is 5.86. The normalized spacial score (nSPS) is 14.9. The third kappa shape index (κ3) is 2.93. The fraction of sp³-hybridized carbons (Fsp3) is 0.389. The van der Waals surface area contributed by atoms with Crippen LogP contribution in [0.3, 0.4) is 0 Å². The standard InChI is InChI=1S/C18H21NO2/c1-2-13-10-11-14-6-3-4-9-16(14)17(13)12-21-19-18(20)15-7-5-8-15/h3-4,6,9-11,15H,2,5,7-8,12H2,1H3,(H,19,20). The Bertz CT molecular complexity index is 647. The fourth-order valence-corrected chi connectivity index (χ4v) is 2.82. The van der Waals surface area contributed by atoms with Crippen LogP contribution < -0.4 is 5.48 Å². The molecule has 1 fully saturated rings. The van der Waals surface area contributed by atoms with Gasteiger partial charge in [-0.2, -0.15) is 0 Å². The van der Waals surface area contributed by atoms with Crippen molar-refractivity contribution in [3.8, 4) is 0 Å². The summed E-state index contributed by atoms with van der Waals surface area (Å²) in [5, 5.41) is 2.41. The summed E-state index contributed by atoms with van der Waals surface area (Å²) in [6.07, 6.45) is 4.09. The molecule has 21 heavy (non-hydrogen) atoms. The molecule has 1 aliphatic rings. The molecule has 2 aromatic rings. The average Bonchev–Trinajstić information content (AvgIpc) is 2.45. The van der Waals surface area contributed by atoms with E-state index in [4.69, 9.17) is 4.84 Å². The van der Waals surface area contributed by atoms with Crippen LogP contribution in [0.15, 0.2) is 36.4 Å². The van der Waals surface area contributed by atoms with Crippen molar-refractivity contribution in [1.82, 2.24) is 5.48 Å². The largest absolute Gasteiger partial charge is 0.273 e. The summed E-state index contributed by atoms with van der Waals surface area (Å²) in [7, 11) is 0. The van der Waals surface area contributed by atoms with Gasteiger partial charge in [0.1, 0.15) is 6.61 Å². The molecule has 1 N–H and O–H groups in total. The molecule has 1 saturated carbocycles. The second-order valence-corrected chi connectivity index (χ2v) is 5.66. The molecule has 0 radical (unpaired) electrons. The van der Waals surface area contributed by atoms with Crippen molar-refractivity contribution >= 4 is 16.7 Å². The number of rotatable bonds is 5. The first-order chi connectivity index (χ1) is 10.3. The van der Waals surface area contributed by atoms with Gasteiger partial charge in [-0.25, -0.2) is 5.48 Å². The van der Waals surface area contributed by atoms with E-state index < -0.39 is 0 Å². The summed E-state index contributed by atoms with van der Waals surface area (Å²) < 4.78 is 0. The van der Waals surface area contributed by atoms with E-state index in [0.29, 0.717) is 6.61 Å². The molecule has 0 bridgehead atoms. The molecule has 1 amide bonds. The van der Waals surface area contributed by atoms with E-state index >= 15 is 0 Å². The Balaban J connectivity index is 1.74. The minimum absolute atomic E-state index is 0.0273. The molecule has 0 aliphatic heterocycles. The number of nitrogens with one attached hydrogen (secondary N) is 1. The topological polar surface area (TPSA) is 38.3 Å². The first-order valence-corrected chi connectivity index (χ1v) is 7.70. The van der Waals surface area contributed by atoms with Gasteiger partial charge < -0.3 is 0 Å². The van der Waals surface area contributed by atoms with Crippen molar-refractivity contribution < 1.29 is 9.63 Å². The highest BCUT2D eigenvalue weighted by atomic mass is 16.6. The summed E-state index contributed by atoms with van der Waals surface area (Å²) >= 11 is 0. The lowest BCUT2D eigenvalue weighted by Crippen LogP contribution is -2.34. The molecule has 2 aromatic carbocycles. The van der Waals surface area contributed by atoms with E-state index in [2.05, 4.69) is 36.7 Å². The molecule has 3 heteroatoms. The van der Waals surface area contributed by atoms with Gasteiger partial charge in [-0.1, -0.05) is 49.7 Å². The number of carbonyl (C=O) groups excluding carboxylic acids is 1. The second-order valence-electron chi connectivity index (χ2n) is 5.66. The number of hydrogen-bond acceptors (Lipinski definition) is 2. The van der Waals surface area contributed by atoms with Gasteiger partial charge in [0.2, 0.25) is 5.91 Å². The van der Waals surface area contributed by atoms with Gasteiger partial charge in [0.05, 0.1) is 0 Å². The van der Waals surface area contributed by atoms with Crippen LogP contribution in [0, 0.1) is 5.92 Å². The Morgan fingerprint density at radius 2 is 2.05 bits per heavy atom. The molecule has 0 atom stereocenters. The summed E-state index contributed by atoms with van der Waals surface area (Å²) in [6.45, 7) is 2.56. The van der Waals surface area contributed by atoms with Crippen molar-refractivity contribution in [3.05, 3.63) is 47.5 Å². The molecule has 0 unspecified atom stereocenters. The molecule has 0 aromatic heterocycles. The number of benzene rings is 2. The number of hydroxylamine groups is 1. The summed E-state index contributed by atoms with van der Waals surface area (Å²) in [6, 6.07) is 12.6. The molecule has 3 nitrogen and oxygen atoms in total. The maximum atomic E-state index is 11.8. The smallest absolute Gasteiger partial charge is 0.246 e. The van der Waals surface area contributed by atoms with Crippen LogP contribution in [0.1, 0.15) is 37.3 Å². The third-order valence-corrected chi connectivity index (χ3v) is 4.38. The van der Waals surface area contributed by atoms with Gasteiger partial charge in [-0.15, -0.1) is 0 Å². The predicted molar refractivity (Wildman–Crippen MR) is 83.6 cm³/mol. The Kier molecular flexibility index (Phi) is 4.20. The van der Waals surface area contributed by atoms with E-state index in [9.17, 15) is 4.79 Å². The number of aryl methyl sites for hydroxylation is 1. The molecular weight excluding hydrogens is 262 g/mol. The van der Waals surface area contributed by atoms with Crippen LogP contribution in [-0.2, 0) is 22.7 Å². The number of fused-ring (bicyclic) bond motifs is 1.